The quantitative estimate of drug-likeness (QED) is 0.521. The molecule has 1 fully saturated rings. The van der Waals surface area contributed by atoms with E-state index in [4.69, 9.17) is 10.5 Å². The van der Waals surface area contributed by atoms with Gasteiger partial charge in [-0.05, 0) is 58.1 Å². The summed E-state index contributed by atoms with van der Waals surface area (Å²) < 4.78 is 9.58. The minimum atomic E-state index is -0.738. The van der Waals surface area contributed by atoms with Crippen molar-refractivity contribution in [3.63, 3.8) is 0 Å². The highest BCUT2D eigenvalue weighted by atomic mass is 32.1. The molecule has 2 heterocycles. The first-order valence-corrected chi connectivity index (χ1v) is 10.9. The van der Waals surface area contributed by atoms with E-state index >= 15 is 0 Å². The van der Waals surface area contributed by atoms with Crippen LogP contribution in [0.25, 0.3) is 0 Å². The summed E-state index contributed by atoms with van der Waals surface area (Å²) in [6.45, 7) is 7.33. The number of nitrogens with zero attached hydrogens (tertiary/aromatic N) is 4. The van der Waals surface area contributed by atoms with Gasteiger partial charge in [0, 0.05) is 6.04 Å². The molecule has 1 aliphatic rings. The number of anilines is 3. The van der Waals surface area contributed by atoms with Crippen LogP contribution in [0.4, 0.5) is 21.6 Å². The summed E-state index contributed by atoms with van der Waals surface area (Å²) >= 11 is 1.23. The van der Waals surface area contributed by atoms with E-state index in [9.17, 15) is 9.59 Å². The van der Waals surface area contributed by atoms with E-state index in [1.165, 1.54) is 11.5 Å². The highest BCUT2D eigenvalue weighted by Crippen LogP contribution is 2.25. The SMILES string of the molecule is Cc1cc(Nc2nc(N[C@@H]3CCCC[C@@H]3NC(=O)OC(C)(C)C)nnc2C(N)=O)sn1. The van der Waals surface area contributed by atoms with Crippen LogP contribution in [0.15, 0.2) is 6.07 Å². The lowest BCUT2D eigenvalue weighted by Crippen LogP contribution is -2.50. The molecule has 0 aliphatic heterocycles. The monoisotopic (exact) mass is 448 g/mol. The van der Waals surface area contributed by atoms with Crippen molar-refractivity contribution in [3.8, 4) is 0 Å². The first-order chi connectivity index (χ1) is 14.6. The number of amides is 2. The fraction of sp³-hybridized carbons (Fsp3) is 0.579. The lowest BCUT2D eigenvalue weighted by atomic mass is 9.90. The molecule has 168 valence electrons. The topological polar surface area (TPSA) is 157 Å². The van der Waals surface area contributed by atoms with Crippen LogP contribution in [0.1, 0.15) is 62.6 Å². The molecule has 0 unspecified atom stereocenters. The van der Waals surface area contributed by atoms with Crippen LogP contribution in [-0.4, -0.2) is 49.2 Å². The lowest BCUT2D eigenvalue weighted by molar-refractivity contribution is 0.0488. The van der Waals surface area contributed by atoms with E-state index in [1.54, 1.807) is 0 Å². The Balaban J connectivity index is 1.75. The van der Waals surface area contributed by atoms with Gasteiger partial charge in [-0.15, -0.1) is 10.2 Å². The van der Waals surface area contributed by atoms with E-state index in [0.29, 0.717) is 5.00 Å². The first kappa shape index (κ1) is 22.7. The third-order valence-corrected chi connectivity index (χ3v) is 5.37. The number of hydrogen-bond acceptors (Lipinski definition) is 10. The first-order valence-electron chi connectivity index (χ1n) is 10.1. The normalized spacial score (nSPS) is 18.8. The number of primary amides is 1. The molecule has 0 spiro atoms. The lowest BCUT2D eigenvalue weighted by Gasteiger charge is -2.33. The van der Waals surface area contributed by atoms with Crippen LogP contribution in [0.5, 0.6) is 0 Å². The molecule has 12 heteroatoms. The molecule has 0 aromatic carbocycles. The fourth-order valence-electron chi connectivity index (χ4n) is 3.28. The number of carbonyl (C=O) groups excluding carboxylic acids is 2. The largest absolute Gasteiger partial charge is 0.444 e. The Morgan fingerprint density at radius 3 is 2.52 bits per heavy atom. The number of nitrogens with one attached hydrogen (secondary N) is 3. The summed E-state index contributed by atoms with van der Waals surface area (Å²) in [4.78, 5) is 28.4. The van der Waals surface area contributed by atoms with Gasteiger partial charge in [0.05, 0.1) is 11.7 Å². The Labute approximate surface area is 184 Å². The van der Waals surface area contributed by atoms with Gasteiger partial charge in [0.25, 0.3) is 5.91 Å². The number of rotatable bonds is 6. The summed E-state index contributed by atoms with van der Waals surface area (Å²) in [5.74, 6) is -0.310. The third kappa shape index (κ3) is 6.48. The van der Waals surface area contributed by atoms with Crippen molar-refractivity contribution in [1.82, 2.24) is 24.9 Å². The number of ether oxygens (including phenoxy) is 1. The average molecular weight is 449 g/mol. The minimum absolute atomic E-state index is 0.0660. The van der Waals surface area contributed by atoms with E-state index < -0.39 is 17.6 Å². The number of carbonyl (C=O) groups is 2. The van der Waals surface area contributed by atoms with Crippen molar-refractivity contribution in [2.45, 2.75) is 71.1 Å². The summed E-state index contributed by atoms with van der Waals surface area (Å²) in [6, 6.07) is 1.57. The predicted octanol–water partition coefficient (Wildman–Crippen LogP) is 2.73. The van der Waals surface area contributed by atoms with Crippen molar-refractivity contribution in [3.05, 3.63) is 17.5 Å². The van der Waals surface area contributed by atoms with Gasteiger partial charge < -0.3 is 26.4 Å². The van der Waals surface area contributed by atoms with Crippen LogP contribution >= 0.6 is 11.5 Å². The molecule has 31 heavy (non-hydrogen) atoms. The molecule has 1 saturated carbocycles. The summed E-state index contributed by atoms with van der Waals surface area (Å²) in [6.07, 6.45) is 3.16. The van der Waals surface area contributed by atoms with Gasteiger partial charge in [0.1, 0.15) is 10.6 Å². The van der Waals surface area contributed by atoms with Gasteiger partial charge in [-0.25, -0.2) is 4.79 Å². The molecule has 5 N–H and O–H groups in total. The molecule has 0 radical (unpaired) electrons. The summed E-state index contributed by atoms with van der Waals surface area (Å²) in [5.41, 5.74) is 5.62. The molecular weight excluding hydrogens is 420 g/mol. The van der Waals surface area contributed by atoms with E-state index in [-0.39, 0.29) is 29.5 Å². The van der Waals surface area contributed by atoms with E-state index in [1.807, 2.05) is 33.8 Å². The van der Waals surface area contributed by atoms with Gasteiger partial charge in [0.15, 0.2) is 11.5 Å². The van der Waals surface area contributed by atoms with Crippen LogP contribution in [0, 0.1) is 6.92 Å². The van der Waals surface area contributed by atoms with Gasteiger partial charge in [0.2, 0.25) is 5.95 Å². The third-order valence-electron chi connectivity index (χ3n) is 4.57. The zero-order chi connectivity index (χ0) is 22.6. The van der Waals surface area contributed by atoms with Gasteiger partial charge >= 0.3 is 6.09 Å². The Morgan fingerprint density at radius 2 is 1.90 bits per heavy atom. The standard InChI is InChI=1S/C19H28N8O3S/c1-10-9-13(31-27-10)23-16-14(15(20)28)25-26-17(24-16)21-11-7-5-6-8-12(11)22-18(29)30-19(2,3)4/h9,11-12H,5-8H2,1-4H3,(H2,20,28)(H,22,29)(H2,21,23,24,26)/t11-,12+/m1/s1. The molecular formula is C19H28N8O3S. The molecule has 3 rings (SSSR count). The van der Waals surface area contributed by atoms with Crippen molar-refractivity contribution in [1.29, 1.82) is 0 Å². The molecule has 2 aromatic rings. The molecule has 2 aromatic heterocycles. The number of hydrogen-bond donors (Lipinski definition) is 4. The molecule has 1 aliphatic carbocycles. The summed E-state index contributed by atoms with van der Waals surface area (Å²) in [5, 5.41) is 17.9. The highest BCUT2D eigenvalue weighted by molar-refractivity contribution is 7.10. The average Bonchev–Trinajstić information content (AvgIpc) is 3.06. The molecule has 0 bridgehead atoms. The number of alkyl carbamates (subject to hydrolysis) is 1. The maximum absolute atomic E-state index is 12.2. The predicted molar refractivity (Wildman–Crippen MR) is 118 cm³/mol. The maximum atomic E-state index is 12.2. The zero-order valence-electron chi connectivity index (χ0n) is 18.1. The van der Waals surface area contributed by atoms with Crippen LogP contribution in [-0.2, 0) is 4.74 Å². The Morgan fingerprint density at radius 1 is 1.19 bits per heavy atom. The number of aryl methyl sites for hydroxylation is 1. The molecule has 0 saturated heterocycles. The Hall–Kier alpha value is -3.02. The second-order valence-corrected chi connectivity index (χ2v) is 9.25. The summed E-state index contributed by atoms with van der Waals surface area (Å²) in [7, 11) is 0. The second kappa shape index (κ2) is 9.41. The van der Waals surface area contributed by atoms with E-state index in [0.717, 1.165) is 31.4 Å². The second-order valence-electron chi connectivity index (χ2n) is 8.44. The van der Waals surface area contributed by atoms with Gasteiger partial charge in [-0.2, -0.15) is 9.36 Å². The van der Waals surface area contributed by atoms with Crippen LogP contribution in [0.2, 0.25) is 0 Å². The maximum Gasteiger partial charge on any atom is 0.407 e. The molecule has 2 atom stereocenters. The van der Waals surface area contributed by atoms with Gasteiger partial charge in [-0.1, -0.05) is 12.8 Å². The van der Waals surface area contributed by atoms with Crippen LogP contribution in [0.3, 0.4) is 0 Å². The molecule has 11 nitrogen and oxygen atoms in total. The zero-order valence-corrected chi connectivity index (χ0v) is 18.9. The fourth-order valence-corrected chi connectivity index (χ4v) is 3.94. The van der Waals surface area contributed by atoms with E-state index in [2.05, 4.69) is 35.5 Å². The van der Waals surface area contributed by atoms with Crippen molar-refractivity contribution in [2.75, 3.05) is 10.6 Å². The van der Waals surface area contributed by atoms with Crippen molar-refractivity contribution < 1.29 is 14.3 Å². The minimum Gasteiger partial charge on any atom is -0.444 e. The Kier molecular flexibility index (Phi) is 6.88. The van der Waals surface area contributed by atoms with Crippen molar-refractivity contribution in [2.24, 2.45) is 5.73 Å². The smallest absolute Gasteiger partial charge is 0.407 e. The highest BCUT2D eigenvalue weighted by Gasteiger charge is 2.29. The van der Waals surface area contributed by atoms with Crippen molar-refractivity contribution >= 4 is 40.3 Å². The number of aromatic nitrogens is 4. The van der Waals surface area contributed by atoms with Crippen LogP contribution < -0.4 is 21.7 Å². The van der Waals surface area contributed by atoms with Gasteiger partial charge in [-0.3, -0.25) is 4.79 Å². The number of nitrogens with two attached hydrogens (primary N) is 1. The molecule has 2 amide bonds. The Bertz CT molecular complexity index is 942.